The molecule has 0 saturated carbocycles. The minimum Gasteiger partial charge on any atom is -0.492 e. The van der Waals surface area contributed by atoms with Gasteiger partial charge >= 0.3 is 0 Å². The second-order valence-corrected chi connectivity index (χ2v) is 4.93. The normalized spacial score (nSPS) is 10.2. The van der Waals surface area contributed by atoms with E-state index in [0.717, 1.165) is 5.56 Å². The van der Waals surface area contributed by atoms with Crippen LogP contribution in [-0.2, 0) is 11.2 Å². The molecule has 1 amide bonds. The molecule has 0 aliphatic heterocycles. The number of amides is 1. The number of carbonyl (C=O) groups excluding carboxylic acids is 1. The fourth-order valence-electron chi connectivity index (χ4n) is 1.94. The molecule has 2 aromatic carbocycles. The van der Waals surface area contributed by atoms with Crippen LogP contribution < -0.4 is 15.8 Å². The molecule has 0 aliphatic carbocycles. The quantitative estimate of drug-likeness (QED) is 0.831. The standard InChI is InChI=1S/C16H17ClN2O2/c1-2-21-15-8-7-12(17)10-14(15)19-16(20)9-11-5-3-4-6-13(11)18/h3-8,10H,2,9,18H2,1H3,(H,19,20). The number of para-hydroxylation sites is 1. The van der Waals surface area contributed by atoms with Gasteiger partial charge in [0.25, 0.3) is 0 Å². The molecule has 0 unspecified atom stereocenters. The van der Waals surface area contributed by atoms with E-state index in [9.17, 15) is 4.79 Å². The second-order valence-electron chi connectivity index (χ2n) is 4.50. The molecule has 0 spiro atoms. The summed E-state index contributed by atoms with van der Waals surface area (Å²) >= 11 is 5.96. The Hall–Kier alpha value is -2.20. The molecule has 0 bridgehead atoms. The molecule has 110 valence electrons. The van der Waals surface area contributed by atoms with Crippen molar-refractivity contribution < 1.29 is 9.53 Å². The van der Waals surface area contributed by atoms with Gasteiger partial charge in [-0.05, 0) is 36.8 Å². The van der Waals surface area contributed by atoms with E-state index in [1.54, 1.807) is 24.3 Å². The van der Waals surface area contributed by atoms with Crippen molar-refractivity contribution in [2.24, 2.45) is 0 Å². The minimum absolute atomic E-state index is 0.170. The highest BCUT2D eigenvalue weighted by Crippen LogP contribution is 2.28. The van der Waals surface area contributed by atoms with Crippen LogP contribution in [0.3, 0.4) is 0 Å². The summed E-state index contributed by atoms with van der Waals surface area (Å²) in [7, 11) is 0. The summed E-state index contributed by atoms with van der Waals surface area (Å²) < 4.78 is 5.47. The van der Waals surface area contributed by atoms with Gasteiger partial charge in [-0.25, -0.2) is 0 Å². The van der Waals surface area contributed by atoms with Gasteiger partial charge in [-0.3, -0.25) is 4.79 Å². The highest BCUT2D eigenvalue weighted by Gasteiger charge is 2.10. The average molecular weight is 305 g/mol. The highest BCUT2D eigenvalue weighted by molar-refractivity contribution is 6.31. The van der Waals surface area contributed by atoms with Crippen LogP contribution in [0, 0.1) is 0 Å². The topological polar surface area (TPSA) is 64.3 Å². The van der Waals surface area contributed by atoms with Gasteiger partial charge in [0.05, 0.1) is 18.7 Å². The molecular weight excluding hydrogens is 288 g/mol. The molecular formula is C16H17ClN2O2. The summed E-state index contributed by atoms with van der Waals surface area (Å²) in [6.07, 6.45) is 0.199. The lowest BCUT2D eigenvalue weighted by molar-refractivity contribution is -0.115. The third kappa shape index (κ3) is 4.13. The molecule has 0 aliphatic rings. The third-order valence-electron chi connectivity index (χ3n) is 2.92. The first-order chi connectivity index (χ1) is 10.1. The molecule has 5 heteroatoms. The third-order valence-corrected chi connectivity index (χ3v) is 3.16. The number of benzene rings is 2. The van der Waals surface area contributed by atoms with Crippen molar-refractivity contribution in [3.05, 3.63) is 53.1 Å². The van der Waals surface area contributed by atoms with Crippen molar-refractivity contribution in [1.29, 1.82) is 0 Å². The fraction of sp³-hybridized carbons (Fsp3) is 0.188. The van der Waals surface area contributed by atoms with Crippen molar-refractivity contribution in [2.45, 2.75) is 13.3 Å². The maximum absolute atomic E-state index is 12.1. The number of halogens is 1. The monoisotopic (exact) mass is 304 g/mol. The van der Waals surface area contributed by atoms with Crippen LogP contribution in [0.4, 0.5) is 11.4 Å². The van der Waals surface area contributed by atoms with Crippen molar-refractivity contribution in [3.63, 3.8) is 0 Å². The Morgan fingerprint density at radius 2 is 2.05 bits per heavy atom. The molecule has 2 aromatic rings. The molecule has 2 rings (SSSR count). The molecule has 0 fully saturated rings. The van der Waals surface area contributed by atoms with Crippen LogP contribution >= 0.6 is 11.6 Å². The zero-order chi connectivity index (χ0) is 15.2. The highest BCUT2D eigenvalue weighted by atomic mass is 35.5. The maximum atomic E-state index is 12.1. The van der Waals surface area contributed by atoms with Crippen LogP contribution in [0.2, 0.25) is 5.02 Å². The Balaban J connectivity index is 2.12. The fourth-order valence-corrected chi connectivity index (χ4v) is 2.12. The number of anilines is 2. The van der Waals surface area contributed by atoms with Crippen molar-refractivity contribution in [3.8, 4) is 5.75 Å². The lowest BCUT2D eigenvalue weighted by Crippen LogP contribution is -2.16. The number of rotatable bonds is 5. The molecule has 0 aromatic heterocycles. The largest absolute Gasteiger partial charge is 0.492 e. The molecule has 0 radical (unpaired) electrons. The van der Waals surface area contributed by atoms with Crippen LogP contribution in [-0.4, -0.2) is 12.5 Å². The summed E-state index contributed by atoms with van der Waals surface area (Å²) in [6, 6.07) is 12.4. The van der Waals surface area contributed by atoms with E-state index in [4.69, 9.17) is 22.1 Å². The lowest BCUT2D eigenvalue weighted by atomic mass is 10.1. The minimum atomic E-state index is -0.170. The van der Waals surface area contributed by atoms with Gasteiger partial charge in [-0.2, -0.15) is 0 Å². The number of nitrogens with two attached hydrogens (primary N) is 1. The Kier molecular flexibility index (Phi) is 5.06. The molecule has 21 heavy (non-hydrogen) atoms. The molecule has 0 heterocycles. The van der Waals surface area contributed by atoms with Gasteiger partial charge in [-0.15, -0.1) is 0 Å². The second kappa shape index (κ2) is 6.99. The smallest absolute Gasteiger partial charge is 0.228 e. The summed E-state index contributed by atoms with van der Waals surface area (Å²) in [5.74, 6) is 0.424. The van der Waals surface area contributed by atoms with Crippen LogP contribution in [0.5, 0.6) is 5.75 Å². The molecule has 0 atom stereocenters. The summed E-state index contributed by atoms with van der Waals surface area (Å²) in [5.41, 5.74) is 7.79. The molecule has 4 nitrogen and oxygen atoms in total. The number of hydrogen-bond acceptors (Lipinski definition) is 3. The van der Waals surface area contributed by atoms with Gasteiger partial charge in [-0.1, -0.05) is 29.8 Å². The molecule has 0 saturated heterocycles. The Labute approximate surface area is 128 Å². The summed E-state index contributed by atoms with van der Waals surface area (Å²) in [4.78, 5) is 12.1. The van der Waals surface area contributed by atoms with Crippen molar-refractivity contribution in [1.82, 2.24) is 0 Å². The van der Waals surface area contributed by atoms with Crippen molar-refractivity contribution in [2.75, 3.05) is 17.7 Å². The number of nitrogens with one attached hydrogen (secondary N) is 1. The number of hydrogen-bond donors (Lipinski definition) is 2. The van der Waals surface area contributed by atoms with Gasteiger partial charge in [0, 0.05) is 10.7 Å². The first-order valence-electron chi connectivity index (χ1n) is 6.65. The van der Waals surface area contributed by atoms with Crippen LogP contribution in [0.1, 0.15) is 12.5 Å². The van der Waals surface area contributed by atoms with E-state index in [1.807, 2.05) is 25.1 Å². The van der Waals surface area contributed by atoms with Gasteiger partial charge in [0.2, 0.25) is 5.91 Å². The van der Waals surface area contributed by atoms with Gasteiger partial charge in [0.15, 0.2) is 0 Å². The predicted molar refractivity (Wildman–Crippen MR) is 85.8 cm³/mol. The zero-order valence-corrected chi connectivity index (χ0v) is 12.5. The number of carbonyl (C=O) groups is 1. The zero-order valence-electron chi connectivity index (χ0n) is 11.7. The Bertz CT molecular complexity index is 644. The number of nitrogen functional groups attached to an aromatic ring is 1. The maximum Gasteiger partial charge on any atom is 0.228 e. The summed E-state index contributed by atoms with van der Waals surface area (Å²) in [6.45, 7) is 2.39. The SMILES string of the molecule is CCOc1ccc(Cl)cc1NC(=O)Cc1ccccc1N. The van der Waals surface area contributed by atoms with E-state index in [1.165, 1.54) is 0 Å². The van der Waals surface area contributed by atoms with Crippen LogP contribution in [0.25, 0.3) is 0 Å². The first kappa shape index (κ1) is 15.2. The molecule has 3 N–H and O–H groups in total. The van der Waals surface area contributed by atoms with E-state index in [0.29, 0.717) is 28.8 Å². The first-order valence-corrected chi connectivity index (χ1v) is 7.03. The summed E-state index contributed by atoms with van der Waals surface area (Å²) in [5, 5.41) is 3.34. The van der Waals surface area contributed by atoms with E-state index in [-0.39, 0.29) is 12.3 Å². The van der Waals surface area contributed by atoms with E-state index < -0.39 is 0 Å². The predicted octanol–water partition coefficient (Wildman–Crippen LogP) is 3.50. The number of ether oxygens (including phenoxy) is 1. The van der Waals surface area contributed by atoms with E-state index in [2.05, 4.69) is 5.32 Å². The van der Waals surface area contributed by atoms with Crippen LogP contribution in [0.15, 0.2) is 42.5 Å². The van der Waals surface area contributed by atoms with E-state index >= 15 is 0 Å². The average Bonchev–Trinajstić information content (AvgIpc) is 2.44. The van der Waals surface area contributed by atoms with Gasteiger partial charge < -0.3 is 15.8 Å². The van der Waals surface area contributed by atoms with Crippen molar-refractivity contribution >= 4 is 28.9 Å². The lowest BCUT2D eigenvalue weighted by Gasteiger charge is -2.12. The Morgan fingerprint density at radius 3 is 2.76 bits per heavy atom. The Morgan fingerprint density at radius 1 is 1.29 bits per heavy atom. The van der Waals surface area contributed by atoms with Gasteiger partial charge in [0.1, 0.15) is 5.75 Å².